The fourth-order valence-corrected chi connectivity index (χ4v) is 1.06. The standard InChI is InChI=1S/C6H12.C3H8O.CH4/c1-2-4-6-5-3-1;1-2-3-4;/h1-6H2;4H,2-3H2,1H3;1H4. The van der Waals surface area contributed by atoms with Crippen LogP contribution in [0.5, 0.6) is 0 Å². The number of aliphatic hydroxyl groups is 1. The van der Waals surface area contributed by atoms with E-state index in [1.165, 1.54) is 38.5 Å². The molecule has 70 valence electrons. The third kappa shape index (κ3) is 13.0. The third-order valence-electron chi connectivity index (χ3n) is 1.72. The summed E-state index contributed by atoms with van der Waals surface area (Å²) < 4.78 is 0. The van der Waals surface area contributed by atoms with Crippen molar-refractivity contribution in [3.8, 4) is 0 Å². The van der Waals surface area contributed by atoms with Crippen LogP contribution in [0.3, 0.4) is 0 Å². The van der Waals surface area contributed by atoms with Gasteiger partial charge in [0, 0.05) is 6.61 Å². The molecule has 0 amide bonds. The van der Waals surface area contributed by atoms with Crippen LogP contribution in [0, 0.1) is 0 Å². The smallest absolute Gasteiger partial charge is 0.0428 e. The summed E-state index contributed by atoms with van der Waals surface area (Å²) in [6, 6.07) is 0. The summed E-state index contributed by atoms with van der Waals surface area (Å²) in [6.45, 7) is 2.25. The maximum Gasteiger partial charge on any atom is 0.0428 e. The van der Waals surface area contributed by atoms with Crippen LogP contribution < -0.4 is 0 Å². The molecule has 0 radical (unpaired) electrons. The summed E-state index contributed by atoms with van der Waals surface area (Å²) in [5, 5.41) is 7.88. The summed E-state index contributed by atoms with van der Waals surface area (Å²) in [4.78, 5) is 0. The molecule has 0 unspecified atom stereocenters. The first-order valence-corrected chi connectivity index (χ1v) is 4.52. The highest BCUT2D eigenvalue weighted by molar-refractivity contribution is 4.51. The van der Waals surface area contributed by atoms with Gasteiger partial charge in [-0.25, -0.2) is 0 Å². The van der Waals surface area contributed by atoms with E-state index in [0.717, 1.165) is 6.42 Å². The van der Waals surface area contributed by atoms with Crippen LogP contribution in [0.25, 0.3) is 0 Å². The summed E-state index contributed by atoms with van der Waals surface area (Å²) in [7, 11) is 0. The number of rotatable bonds is 1. The normalized spacial score (nSPS) is 15.8. The second kappa shape index (κ2) is 12.6. The minimum atomic E-state index is 0. The van der Waals surface area contributed by atoms with Crippen LogP contribution >= 0.6 is 0 Å². The monoisotopic (exact) mass is 160 g/mol. The van der Waals surface area contributed by atoms with E-state index in [0.29, 0.717) is 6.61 Å². The van der Waals surface area contributed by atoms with Crippen LogP contribution in [-0.4, -0.2) is 11.7 Å². The molecule has 0 heterocycles. The minimum absolute atomic E-state index is 0. The Kier molecular flexibility index (Phi) is 15.5. The van der Waals surface area contributed by atoms with E-state index in [4.69, 9.17) is 5.11 Å². The van der Waals surface area contributed by atoms with Crippen LogP contribution in [0.4, 0.5) is 0 Å². The fraction of sp³-hybridized carbons (Fsp3) is 1.00. The van der Waals surface area contributed by atoms with Gasteiger partial charge in [-0.15, -0.1) is 0 Å². The van der Waals surface area contributed by atoms with Crippen molar-refractivity contribution in [3.63, 3.8) is 0 Å². The van der Waals surface area contributed by atoms with Crippen LogP contribution in [0.15, 0.2) is 0 Å². The van der Waals surface area contributed by atoms with E-state index < -0.39 is 0 Å². The summed E-state index contributed by atoms with van der Waals surface area (Å²) in [5.41, 5.74) is 0. The molecule has 1 saturated carbocycles. The van der Waals surface area contributed by atoms with Crippen molar-refractivity contribution >= 4 is 0 Å². The van der Waals surface area contributed by atoms with Crippen molar-refractivity contribution in [2.75, 3.05) is 6.61 Å². The predicted octanol–water partition coefficient (Wildman–Crippen LogP) is 3.37. The maximum absolute atomic E-state index is 7.88. The van der Waals surface area contributed by atoms with Crippen molar-refractivity contribution in [3.05, 3.63) is 0 Å². The Bertz CT molecular complexity index is 35.3. The van der Waals surface area contributed by atoms with Crippen LogP contribution in [0.2, 0.25) is 0 Å². The predicted molar refractivity (Wildman–Crippen MR) is 51.8 cm³/mol. The zero-order valence-electron chi connectivity index (χ0n) is 7.10. The molecule has 0 saturated heterocycles. The molecule has 0 aliphatic heterocycles. The summed E-state index contributed by atoms with van der Waals surface area (Å²) in [5.74, 6) is 0. The molecule has 1 heteroatoms. The van der Waals surface area contributed by atoms with Gasteiger partial charge in [-0.3, -0.25) is 0 Å². The number of hydrogen-bond acceptors (Lipinski definition) is 1. The van der Waals surface area contributed by atoms with E-state index in [2.05, 4.69) is 0 Å². The lowest BCUT2D eigenvalue weighted by Crippen LogP contribution is -1.85. The van der Waals surface area contributed by atoms with E-state index in [1.807, 2.05) is 6.92 Å². The lowest BCUT2D eigenvalue weighted by molar-refractivity contribution is 0.295. The molecule has 0 atom stereocenters. The molecule has 1 nitrogen and oxygen atoms in total. The van der Waals surface area contributed by atoms with Gasteiger partial charge < -0.3 is 5.11 Å². The van der Waals surface area contributed by atoms with Gasteiger partial charge in [0.25, 0.3) is 0 Å². The highest BCUT2D eigenvalue weighted by Crippen LogP contribution is 2.15. The molecule has 0 aromatic carbocycles. The molecule has 11 heavy (non-hydrogen) atoms. The van der Waals surface area contributed by atoms with Crippen molar-refractivity contribution in [1.82, 2.24) is 0 Å². The van der Waals surface area contributed by atoms with Gasteiger partial charge in [0.15, 0.2) is 0 Å². The quantitative estimate of drug-likeness (QED) is 0.623. The minimum Gasteiger partial charge on any atom is -0.396 e. The molecule has 1 fully saturated rings. The topological polar surface area (TPSA) is 20.2 Å². The third-order valence-corrected chi connectivity index (χ3v) is 1.72. The summed E-state index contributed by atoms with van der Waals surface area (Å²) >= 11 is 0. The lowest BCUT2D eigenvalue weighted by atomic mass is 10.0. The van der Waals surface area contributed by atoms with Gasteiger partial charge in [0.05, 0.1) is 0 Å². The Labute approximate surface area is 71.8 Å². The first-order valence-electron chi connectivity index (χ1n) is 4.52. The SMILES string of the molecule is C.C1CCCCC1.CCCO. The van der Waals surface area contributed by atoms with E-state index >= 15 is 0 Å². The Morgan fingerprint density at radius 3 is 1.18 bits per heavy atom. The molecular weight excluding hydrogens is 136 g/mol. The Morgan fingerprint density at radius 1 is 0.909 bits per heavy atom. The number of aliphatic hydroxyl groups excluding tert-OH is 1. The average molecular weight is 160 g/mol. The Hall–Kier alpha value is -0.0400. The van der Waals surface area contributed by atoms with Crippen molar-refractivity contribution in [2.24, 2.45) is 0 Å². The second-order valence-corrected chi connectivity index (χ2v) is 2.84. The molecule has 1 N–H and O–H groups in total. The van der Waals surface area contributed by atoms with Gasteiger partial charge in [-0.1, -0.05) is 52.9 Å². The van der Waals surface area contributed by atoms with E-state index in [1.54, 1.807) is 0 Å². The van der Waals surface area contributed by atoms with Gasteiger partial charge >= 0.3 is 0 Å². The highest BCUT2D eigenvalue weighted by atomic mass is 16.2. The second-order valence-electron chi connectivity index (χ2n) is 2.84. The first kappa shape index (κ1) is 13.5. The van der Waals surface area contributed by atoms with Crippen LogP contribution in [-0.2, 0) is 0 Å². The van der Waals surface area contributed by atoms with Crippen molar-refractivity contribution in [1.29, 1.82) is 0 Å². The molecule has 0 aromatic rings. The Balaban J connectivity index is 0. The molecule has 1 aliphatic rings. The molecule has 1 aliphatic carbocycles. The average Bonchev–Trinajstić information content (AvgIpc) is 2.08. The molecule has 0 bridgehead atoms. The molecular formula is C10H24O. The first-order chi connectivity index (χ1) is 4.91. The zero-order valence-corrected chi connectivity index (χ0v) is 7.10. The fourth-order valence-electron chi connectivity index (χ4n) is 1.06. The largest absolute Gasteiger partial charge is 0.396 e. The van der Waals surface area contributed by atoms with Crippen LogP contribution in [0.1, 0.15) is 59.3 Å². The van der Waals surface area contributed by atoms with E-state index in [-0.39, 0.29) is 7.43 Å². The summed E-state index contributed by atoms with van der Waals surface area (Å²) in [6.07, 6.45) is 9.88. The Morgan fingerprint density at radius 2 is 1.09 bits per heavy atom. The highest BCUT2D eigenvalue weighted by Gasteiger charge is 1.95. The molecule has 1 rings (SSSR count). The van der Waals surface area contributed by atoms with Crippen molar-refractivity contribution < 1.29 is 5.11 Å². The van der Waals surface area contributed by atoms with Crippen molar-refractivity contribution in [2.45, 2.75) is 59.3 Å². The number of hydrogen-bond donors (Lipinski definition) is 1. The zero-order chi connectivity index (χ0) is 7.66. The lowest BCUT2D eigenvalue weighted by Gasteiger charge is -2.05. The van der Waals surface area contributed by atoms with Gasteiger partial charge in [0.2, 0.25) is 0 Å². The van der Waals surface area contributed by atoms with Gasteiger partial charge in [0.1, 0.15) is 0 Å². The van der Waals surface area contributed by atoms with E-state index in [9.17, 15) is 0 Å². The molecule has 0 aromatic heterocycles. The molecule has 0 spiro atoms. The van der Waals surface area contributed by atoms with Gasteiger partial charge in [-0.05, 0) is 6.42 Å². The van der Waals surface area contributed by atoms with Gasteiger partial charge in [-0.2, -0.15) is 0 Å². The maximum atomic E-state index is 7.88.